The molecule has 2 rings (SSSR count). The zero-order chi connectivity index (χ0) is 12.6. The molecule has 1 aliphatic rings. The van der Waals surface area contributed by atoms with Crippen molar-refractivity contribution in [2.45, 2.75) is 38.5 Å². The highest BCUT2D eigenvalue weighted by Crippen LogP contribution is 2.51. The third-order valence-electron chi connectivity index (χ3n) is 3.98. The summed E-state index contributed by atoms with van der Waals surface area (Å²) in [6.07, 6.45) is 3.80. The van der Waals surface area contributed by atoms with Crippen molar-refractivity contribution in [2.75, 3.05) is 14.1 Å². The van der Waals surface area contributed by atoms with Crippen LogP contribution in [0.15, 0.2) is 18.2 Å². The quantitative estimate of drug-likeness (QED) is 0.782. The van der Waals surface area contributed by atoms with Gasteiger partial charge in [0.05, 0.1) is 0 Å². The number of rotatable bonds is 3. The Morgan fingerprint density at radius 1 is 1.35 bits per heavy atom. The Labute approximate surface area is 104 Å². The third kappa shape index (κ3) is 2.08. The maximum atomic E-state index is 11.9. The summed E-state index contributed by atoms with van der Waals surface area (Å²) >= 11 is 0. The molecule has 1 fully saturated rings. The average molecular weight is 231 g/mol. The lowest BCUT2D eigenvalue weighted by atomic mass is 9.88. The van der Waals surface area contributed by atoms with Gasteiger partial charge in [-0.25, -0.2) is 0 Å². The van der Waals surface area contributed by atoms with Crippen LogP contribution in [0, 0.1) is 6.92 Å². The SMILES string of the molecule is CCC1(c2ccc(C(=O)N(C)C)cc2C)CC1. The van der Waals surface area contributed by atoms with E-state index < -0.39 is 0 Å². The van der Waals surface area contributed by atoms with E-state index in [2.05, 4.69) is 19.9 Å². The van der Waals surface area contributed by atoms with E-state index in [1.165, 1.54) is 30.4 Å². The second kappa shape index (κ2) is 4.17. The van der Waals surface area contributed by atoms with Gasteiger partial charge < -0.3 is 4.90 Å². The van der Waals surface area contributed by atoms with Crippen LogP contribution in [0.5, 0.6) is 0 Å². The maximum absolute atomic E-state index is 11.9. The van der Waals surface area contributed by atoms with Gasteiger partial charge >= 0.3 is 0 Å². The maximum Gasteiger partial charge on any atom is 0.253 e. The van der Waals surface area contributed by atoms with E-state index in [-0.39, 0.29) is 5.91 Å². The van der Waals surface area contributed by atoms with Crippen molar-refractivity contribution in [1.29, 1.82) is 0 Å². The first-order chi connectivity index (χ1) is 8.00. The van der Waals surface area contributed by atoms with E-state index >= 15 is 0 Å². The summed E-state index contributed by atoms with van der Waals surface area (Å²) in [6.45, 7) is 4.38. The van der Waals surface area contributed by atoms with E-state index in [1.54, 1.807) is 19.0 Å². The van der Waals surface area contributed by atoms with Crippen LogP contribution in [0.2, 0.25) is 0 Å². The van der Waals surface area contributed by atoms with Gasteiger partial charge in [-0.2, -0.15) is 0 Å². The monoisotopic (exact) mass is 231 g/mol. The van der Waals surface area contributed by atoms with Crippen LogP contribution in [0.1, 0.15) is 47.7 Å². The number of hydrogen-bond donors (Lipinski definition) is 0. The molecule has 1 aromatic rings. The molecule has 0 aliphatic heterocycles. The molecule has 0 saturated heterocycles. The van der Waals surface area contributed by atoms with Gasteiger partial charge in [0.25, 0.3) is 5.91 Å². The number of carbonyl (C=O) groups excluding carboxylic acids is 1. The van der Waals surface area contributed by atoms with Crippen LogP contribution in [0.4, 0.5) is 0 Å². The number of amides is 1. The minimum Gasteiger partial charge on any atom is -0.345 e. The molecule has 0 radical (unpaired) electrons. The fourth-order valence-corrected chi connectivity index (χ4v) is 2.61. The van der Waals surface area contributed by atoms with Crippen LogP contribution in [0.25, 0.3) is 0 Å². The summed E-state index contributed by atoms with van der Waals surface area (Å²) in [6, 6.07) is 6.16. The van der Waals surface area contributed by atoms with E-state index in [0.717, 1.165) is 5.56 Å². The second-order valence-corrected chi connectivity index (χ2v) is 5.36. The Morgan fingerprint density at radius 3 is 2.41 bits per heavy atom. The molecule has 92 valence electrons. The van der Waals surface area contributed by atoms with Crippen LogP contribution in [-0.2, 0) is 5.41 Å². The topological polar surface area (TPSA) is 20.3 Å². The first kappa shape index (κ1) is 12.2. The summed E-state index contributed by atoms with van der Waals surface area (Å²) in [5.74, 6) is 0.0843. The predicted octanol–water partition coefficient (Wildman–Crippen LogP) is 3.14. The normalized spacial score (nSPS) is 16.7. The minimum absolute atomic E-state index is 0.0843. The number of carbonyl (C=O) groups is 1. The standard InChI is InChI=1S/C15H21NO/c1-5-15(8-9-15)13-7-6-12(10-11(13)2)14(17)16(3)4/h6-7,10H,5,8-9H2,1-4H3. The van der Waals surface area contributed by atoms with Gasteiger partial charge in [-0.3, -0.25) is 4.79 Å². The lowest BCUT2D eigenvalue weighted by Gasteiger charge is -2.18. The van der Waals surface area contributed by atoms with E-state index in [1.807, 2.05) is 12.1 Å². The van der Waals surface area contributed by atoms with Crippen molar-refractivity contribution in [3.8, 4) is 0 Å². The molecule has 0 bridgehead atoms. The molecular weight excluding hydrogens is 210 g/mol. The smallest absolute Gasteiger partial charge is 0.253 e. The highest BCUT2D eigenvalue weighted by molar-refractivity contribution is 5.94. The van der Waals surface area contributed by atoms with Crippen LogP contribution in [-0.4, -0.2) is 24.9 Å². The molecule has 0 N–H and O–H groups in total. The van der Waals surface area contributed by atoms with Gasteiger partial charge in [0, 0.05) is 19.7 Å². The molecule has 0 unspecified atom stereocenters. The van der Waals surface area contributed by atoms with Crippen molar-refractivity contribution in [3.63, 3.8) is 0 Å². The fraction of sp³-hybridized carbons (Fsp3) is 0.533. The molecule has 1 aromatic carbocycles. The van der Waals surface area contributed by atoms with Gasteiger partial charge in [-0.1, -0.05) is 13.0 Å². The van der Waals surface area contributed by atoms with Crippen molar-refractivity contribution in [1.82, 2.24) is 4.90 Å². The van der Waals surface area contributed by atoms with Crippen LogP contribution >= 0.6 is 0 Å². The van der Waals surface area contributed by atoms with Crippen LogP contribution in [0.3, 0.4) is 0 Å². The first-order valence-corrected chi connectivity index (χ1v) is 6.33. The Morgan fingerprint density at radius 2 is 2.00 bits per heavy atom. The highest BCUT2D eigenvalue weighted by atomic mass is 16.2. The Kier molecular flexibility index (Phi) is 2.98. The lowest BCUT2D eigenvalue weighted by molar-refractivity contribution is 0.0827. The number of nitrogens with zero attached hydrogens (tertiary/aromatic N) is 1. The Hall–Kier alpha value is -1.31. The van der Waals surface area contributed by atoms with E-state index in [0.29, 0.717) is 5.41 Å². The minimum atomic E-state index is 0.0843. The van der Waals surface area contributed by atoms with E-state index in [4.69, 9.17) is 0 Å². The first-order valence-electron chi connectivity index (χ1n) is 6.33. The molecule has 0 heterocycles. The second-order valence-electron chi connectivity index (χ2n) is 5.36. The molecule has 17 heavy (non-hydrogen) atoms. The predicted molar refractivity (Wildman–Crippen MR) is 70.4 cm³/mol. The molecule has 2 nitrogen and oxygen atoms in total. The number of benzene rings is 1. The summed E-state index contributed by atoms with van der Waals surface area (Å²) in [5.41, 5.74) is 3.92. The van der Waals surface area contributed by atoms with Crippen molar-refractivity contribution in [2.24, 2.45) is 0 Å². The fourth-order valence-electron chi connectivity index (χ4n) is 2.61. The average Bonchev–Trinajstić information content (AvgIpc) is 3.08. The molecule has 1 aliphatic carbocycles. The molecule has 1 amide bonds. The molecule has 0 atom stereocenters. The molecule has 0 spiro atoms. The van der Waals surface area contributed by atoms with E-state index in [9.17, 15) is 4.79 Å². The number of aryl methyl sites for hydroxylation is 1. The Balaban J connectivity index is 2.33. The summed E-state index contributed by atoms with van der Waals surface area (Å²) in [4.78, 5) is 13.5. The highest BCUT2D eigenvalue weighted by Gasteiger charge is 2.43. The summed E-state index contributed by atoms with van der Waals surface area (Å²) in [7, 11) is 3.58. The van der Waals surface area contributed by atoms with Crippen molar-refractivity contribution >= 4 is 5.91 Å². The van der Waals surface area contributed by atoms with Crippen molar-refractivity contribution < 1.29 is 4.79 Å². The summed E-state index contributed by atoms with van der Waals surface area (Å²) in [5, 5.41) is 0. The molecule has 2 heteroatoms. The van der Waals surface area contributed by atoms with Crippen LogP contribution < -0.4 is 0 Å². The van der Waals surface area contributed by atoms with Crippen molar-refractivity contribution in [3.05, 3.63) is 34.9 Å². The molecular formula is C15H21NO. The number of hydrogen-bond acceptors (Lipinski definition) is 1. The zero-order valence-corrected chi connectivity index (χ0v) is 11.2. The van der Waals surface area contributed by atoms with Gasteiger partial charge in [0.1, 0.15) is 0 Å². The van der Waals surface area contributed by atoms with Gasteiger partial charge in [-0.15, -0.1) is 0 Å². The van der Waals surface area contributed by atoms with Gasteiger partial charge in [-0.05, 0) is 54.9 Å². The summed E-state index contributed by atoms with van der Waals surface area (Å²) < 4.78 is 0. The largest absolute Gasteiger partial charge is 0.345 e. The lowest BCUT2D eigenvalue weighted by Crippen LogP contribution is -2.22. The third-order valence-corrected chi connectivity index (χ3v) is 3.98. The van der Waals surface area contributed by atoms with Gasteiger partial charge in [0.15, 0.2) is 0 Å². The van der Waals surface area contributed by atoms with Gasteiger partial charge in [0.2, 0.25) is 0 Å². The molecule has 0 aromatic heterocycles. The zero-order valence-electron chi connectivity index (χ0n) is 11.2. The Bertz CT molecular complexity index is 444. The molecule has 1 saturated carbocycles.